The fourth-order valence-electron chi connectivity index (χ4n) is 2.42. The molecular weight excluding hydrogens is 335 g/mol. The van der Waals surface area contributed by atoms with E-state index in [9.17, 15) is 0 Å². The molecule has 1 fully saturated rings. The van der Waals surface area contributed by atoms with E-state index in [-0.39, 0.29) is 12.4 Å². The van der Waals surface area contributed by atoms with E-state index < -0.39 is 0 Å². The number of hydrogen-bond acceptors (Lipinski definition) is 2. The van der Waals surface area contributed by atoms with Gasteiger partial charge in [0.1, 0.15) is 0 Å². The average molecular weight is 354 g/mol. The summed E-state index contributed by atoms with van der Waals surface area (Å²) in [5.74, 6) is 0.790. The Morgan fingerprint density at radius 1 is 1.50 bits per heavy atom. The van der Waals surface area contributed by atoms with E-state index in [0.29, 0.717) is 0 Å². The van der Waals surface area contributed by atoms with Crippen LogP contribution in [0.3, 0.4) is 0 Å². The van der Waals surface area contributed by atoms with Crippen molar-refractivity contribution >= 4 is 39.9 Å². The zero-order chi connectivity index (χ0) is 12.3. The highest BCUT2D eigenvalue weighted by Crippen LogP contribution is 2.25. The lowest BCUT2D eigenvalue weighted by molar-refractivity contribution is 0.315. The van der Waals surface area contributed by atoms with Gasteiger partial charge in [0.25, 0.3) is 0 Å². The molecule has 0 radical (unpaired) electrons. The van der Waals surface area contributed by atoms with Crippen molar-refractivity contribution < 1.29 is 0 Å². The summed E-state index contributed by atoms with van der Waals surface area (Å²) in [5.41, 5.74) is 1.28. The van der Waals surface area contributed by atoms with Crippen LogP contribution in [0.5, 0.6) is 0 Å². The van der Waals surface area contributed by atoms with Gasteiger partial charge in [-0.2, -0.15) is 0 Å². The first-order valence-corrected chi connectivity index (χ1v) is 7.17. The van der Waals surface area contributed by atoms with Crippen LogP contribution in [0, 0.1) is 5.92 Å². The van der Waals surface area contributed by atoms with Crippen molar-refractivity contribution in [1.29, 1.82) is 0 Å². The molecule has 1 aliphatic rings. The third kappa shape index (κ3) is 4.39. The molecule has 2 rings (SSSR count). The summed E-state index contributed by atoms with van der Waals surface area (Å²) in [6.45, 7) is 4.47. The first-order valence-electron chi connectivity index (χ1n) is 6.00. The summed E-state index contributed by atoms with van der Waals surface area (Å²) in [5, 5.41) is 4.07. The summed E-state index contributed by atoms with van der Waals surface area (Å²) in [4.78, 5) is 2.50. The molecule has 0 aliphatic carbocycles. The Morgan fingerprint density at radius 3 is 3.00 bits per heavy atom. The Hall–Kier alpha value is 0.200. The molecule has 0 aromatic heterocycles. The first kappa shape index (κ1) is 16.3. The second-order valence-electron chi connectivity index (χ2n) is 4.68. The highest BCUT2D eigenvalue weighted by Gasteiger charge is 2.22. The zero-order valence-corrected chi connectivity index (χ0v) is 13.6. The van der Waals surface area contributed by atoms with Crippen molar-refractivity contribution in [2.24, 2.45) is 5.92 Å². The van der Waals surface area contributed by atoms with Crippen molar-refractivity contribution in [3.05, 3.63) is 33.3 Å². The maximum Gasteiger partial charge on any atom is 0.0410 e. The molecule has 1 aromatic rings. The predicted molar refractivity (Wildman–Crippen MR) is 83.7 cm³/mol. The molecule has 5 heteroatoms. The number of likely N-dealkylation sites (tertiary alicyclic amines) is 1. The van der Waals surface area contributed by atoms with Crippen molar-refractivity contribution in [3.8, 4) is 0 Å². The largest absolute Gasteiger partial charge is 0.319 e. The van der Waals surface area contributed by atoms with Crippen LogP contribution < -0.4 is 5.32 Å². The van der Waals surface area contributed by atoms with E-state index in [1.54, 1.807) is 0 Å². The Balaban J connectivity index is 0.00000162. The van der Waals surface area contributed by atoms with E-state index >= 15 is 0 Å². The van der Waals surface area contributed by atoms with Crippen molar-refractivity contribution in [3.63, 3.8) is 0 Å². The molecule has 0 amide bonds. The molecule has 18 heavy (non-hydrogen) atoms. The van der Waals surface area contributed by atoms with Gasteiger partial charge in [-0.05, 0) is 56.2 Å². The number of halogens is 3. The zero-order valence-electron chi connectivity index (χ0n) is 10.5. The second kappa shape index (κ2) is 7.71. The topological polar surface area (TPSA) is 15.3 Å². The van der Waals surface area contributed by atoms with Gasteiger partial charge in [0.2, 0.25) is 0 Å². The molecular formula is C13H19BrCl2N2. The number of nitrogens with one attached hydrogen (secondary N) is 1. The molecule has 1 N–H and O–H groups in total. The van der Waals surface area contributed by atoms with E-state index in [2.05, 4.69) is 32.2 Å². The summed E-state index contributed by atoms with van der Waals surface area (Å²) < 4.78 is 1.15. The van der Waals surface area contributed by atoms with Crippen LogP contribution >= 0.6 is 39.9 Å². The lowest BCUT2D eigenvalue weighted by Gasteiger charge is -2.17. The Bertz CT molecular complexity index is 387. The standard InChI is InChI=1S/C13H18BrClN2.ClH/c1-16-7-10-4-5-17(8-10)9-11-6-12(15)2-3-13(11)14;/h2-3,6,10,16H,4-5,7-9H2,1H3;1H. The van der Waals surface area contributed by atoms with Crippen LogP contribution in [0.15, 0.2) is 22.7 Å². The summed E-state index contributed by atoms with van der Waals surface area (Å²) in [6, 6.07) is 6.00. The molecule has 2 nitrogen and oxygen atoms in total. The highest BCUT2D eigenvalue weighted by molar-refractivity contribution is 9.10. The molecule has 0 saturated carbocycles. The van der Waals surface area contributed by atoms with Crippen LogP contribution in [-0.2, 0) is 6.54 Å². The molecule has 1 aliphatic heterocycles. The normalized spacial score (nSPS) is 19.8. The SMILES string of the molecule is CNCC1CCN(Cc2cc(Cl)ccc2Br)C1.Cl. The van der Waals surface area contributed by atoms with Gasteiger partial charge in [-0.1, -0.05) is 27.5 Å². The fourth-order valence-corrected chi connectivity index (χ4v) is 2.98. The molecule has 1 heterocycles. The third-order valence-electron chi connectivity index (χ3n) is 3.26. The van der Waals surface area contributed by atoms with E-state index in [1.165, 1.54) is 25.1 Å². The lowest BCUT2D eigenvalue weighted by atomic mass is 10.1. The van der Waals surface area contributed by atoms with Crippen molar-refractivity contribution in [2.75, 3.05) is 26.7 Å². The monoisotopic (exact) mass is 352 g/mol. The van der Waals surface area contributed by atoms with Gasteiger partial charge in [0, 0.05) is 22.6 Å². The van der Waals surface area contributed by atoms with Crippen molar-refractivity contribution in [1.82, 2.24) is 10.2 Å². The number of benzene rings is 1. The lowest BCUT2D eigenvalue weighted by Crippen LogP contribution is -2.24. The smallest absolute Gasteiger partial charge is 0.0410 e. The number of rotatable bonds is 4. The Morgan fingerprint density at radius 2 is 2.28 bits per heavy atom. The maximum absolute atomic E-state index is 6.03. The van der Waals surface area contributed by atoms with Gasteiger partial charge in [-0.15, -0.1) is 12.4 Å². The molecule has 1 unspecified atom stereocenters. The van der Waals surface area contributed by atoms with E-state index in [0.717, 1.165) is 28.5 Å². The Labute approximate surface area is 129 Å². The first-order chi connectivity index (χ1) is 8.19. The van der Waals surface area contributed by atoms with Crippen LogP contribution in [0.25, 0.3) is 0 Å². The molecule has 1 saturated heterocycles. The molecule has 0 bridgehead atoms. The van der Waals surface area contributed by atoms with Gasteiger partial charge in [0.05, 0.1) is 0 Å². The van der Waals surface area contributed by atoms with Gasteiger partial charge < -0.3 is 5.32 Å². The Kier molecular flexibility index (Phi) is 6.96. The minimum atomic E-state index is 0. The van der Waals surface area contributed by atoms with Gasteiger partial charge in [0.15, 0.2) is 0 Å². The quantitative estimate of drug-likeness (QED) is 0.890. The van der Waals surface area contributed by atoms with Crippen LogP contribution in [-0.4, -0.2) is 31.6 Å². The second-order valence-corrected chi connectivity index (χ2v) is 5.97. The van der Waals surface area contributed by atoms with E-state index in [1.807, 2.05) is 19.2 Å². The fraction of sp³-hybridized carbons (Fsp3) is 0.538. The van der Waals surface area contributed by atoms with E-state index in [4.69, 9.17) is 11.6 Å². The summed E-state index contributed by atoms with van der Waals surface area (Å²) in [6.07, 6.45) is 1.29. The van der Waals surface area contributed by atoms with Crippen molar-refractivity contribution in [2.45, 2.75) is 13.0 Å². The van der Waals surface area contributed by atoms with Gasteiger partial charge in [-0.25, -0.2) is 0 Å². The van der Waals surface area contributed by atoms with Gasteiger partial charge in [-0.3, -0.25) is 4.90 Å². The van der Waals surface area contributed by atoms with Gasteiger partial charge >= 0.3 is 0 Å². The highest BCUT2D eigenvalue weighted by atomic mass is 79.9. The number of nitrogens with zero attached hydrogens (tertiary/aromatic N) is 1. The molecule has 1 atom stereocenters. The minimum absolute atomic E-state index is 0. The van der Waals surface area contributed by atoms with Crippen LogP contribution in [0.1, 0.15) is 12.0 Å². The molecule has 0 spiro atoms. The summed E-state index contributed by atoms with van der Waals surface area (Å²) >= 11 is 9.62. The maximum atomic E-state index is 6.03. The average Bonchev–Trinajstić information content (AvgIpc) is 2.72. The van der Waals surface area contributed by atoms with Crippen LogP contribution in [0.2, 0.25) is 5.02 Å². The number of hydrogen-bond donors (Lipinski definition) is 1. The molecule has 102 valence electrons. The summed E-state index contributed by atoms with van der Waals surface area (Å²) in [7, 11) is 2.02. The predicted octanol–water partition coefficient (Wildman–Crippen LogP) is 3.57. The molecule has 1 aromatic carbocycles. The minimum Gasteiger partial charge on any atom is -0.319 e. The third-order valence-corrected chi connectivity index (χ3v) is 4.27. The van der Waals surface area contributed by atoms with Crippen LogP contribution in [0.4, 0.5) is 0 Å².